The summed E-state index contributed by atoms with van der Waals surface area (Å²) >= 11 is 0. The van der Waals surface area contributed by atoms with Gasteiger partial charge in [0.05, 0.1) is 72.2 Å². The van der Waals surface area contributed by atoms with Gasteiger partial charge in [0.15, 0.2) is 0 Å². The van der Waals surface area contributed by atoms with Crippen LogP contribution in [0.15, 0.2) is 0 Å². The summed E-state index contributed by atoms with van der Waals surface area (Å²) in [6.45, 7) is 13.2. The van der Waals surface area contributed by atoms with Gasteiger partial charge in [0, 0.05) is 6.61 Å². The molecule has 0 unspecified atom stereocenters. The van der Waals surface area contributed by atoms with Gasteiger partial charge in [0.2, 0.25) is 0 Å². The number of hydrogen-bond acceptors (Lipinski definition) is 6. The van der Waals surface area contributed by atoms with E-state index in [-0.39, 0.29) is 6.10 Å². The third kappa shape index (κ3) is 27.8. The molecule has 0 radical (unpaired) electrons. The van der Waals surface area contributed by atoms with E-state index in [0.29, 0.717) is 66.1 Å². The molecular weight excluding hydrogens is 372 g/mol. The molecule has 0 aromatic rings. The predicted molar refractivity (Wildman–Crippen MR) is 118 cm³/mol. The number of hydrogen-bond donors (Lipinski definition) is 0. The summed E-state index contributed by atoms with van der Waals surface area (Å²) in [4.78, 5) is 0. The van der Waals surface area contributed by atoms with Gasteiger partial charge >= 0.3 is 0 Å². The molecular formula is C23H48O6. The van der Waals surface area contributed by atoms with E-state index < -0.39 is 0 Å². The van der Waals surface area contributed by atoms with Gasteiger partial charge in [-0.1, -0.05) is 51.9 Å². The Morgan fingerprint density at radius 1 is 0.414 bits per heavy atom. The van der Waals surface area contributed by atoms with Gasteiger partial charge in [-0.05, 0) is 20.3 Å². The minimum absolute atomic E-state index is 0.253. The lowest BCUT2D eigenvalue weighted by atomic mass is 10.1. The van der Waals surface area contributed by atoms with Crippen LogP contribution in [0.1, 0.15) is 72.1 Å². The first kappa shape index (κ1) is 28.8. The Labute approximate surface area is 179 Å². The van der Waals surface area contributed by atoms with Crippen LogP contribution in [0.5, 0.6) is 0 Å². The smallest absolute Gasteiger partial charge is 0.0703 e. The first-order valence-electron chi connectivity index (χ1n) is 11.8. The van der Waals surface area contributed by atoms with Crippen LogP contribution in [-0.4, -0.2) is 78.8 Å². The van der Waals surface area contributed by atoms with Gasteiger partial charge in [0.25, 0.3) is 0 Å². The molecule has 6 nitrogen and oxygen atoms in total. The van der Waals surface area contributed by atoms with Crippen molar-refractivity contribution >= 4 is 0 Å². The van der Waals surface area contributed by atoms with Crippen molar-refractivity contribution in [1.29, 1.82) is 0 Å². The van der Waals surface area contributed by atoms with E-state index in [1.54, 1.807) is 0 Å². The zero-order valence-electron chi connectivity index (χ0n) is 19.5. The maximum Gasteiger partial charge on any atom is 0.0703 e. The van der Waals surface area contributed by atoms with Crippen LogP contribution in [0, 0.1) is 0 Å². The Balaban J connectivity index is 2.98. The molecule has 0 spiro atoms. The molecule has 0 fully saturated rings. The van der Waals surface area contributed by atoms with Gasteiger partial charge in [0.1, 0.15) is 0 Å². The fraction of sp³-hybridized carbons (Fsp3) is 1.00. The molecule has 0 saturated heterocycles. The maximum absolute atomic E-state index is 5.59. The van der Waals surface area contributed by atoms with Crippen LogP contribution in [-0.2, 0) is 28.4 Å². The standard InChI is InChI=1S/C23H48O6/c1-4-5-6-7-8-9-10-11-12-24-13-14-25-15-16-26-17-18-27-19-20-28-21-22-29-23(2)3/h23H,4-22H2,1-3H3. The molecule has 176 valence electrons. The molecule has 29 heavy (non-hydrogen) atoms. The zero-order valence-corrected chi connectivity index (χ0v) is 19.5. The molecule has 6 heteroatoms. The fourth-order valence-corrected chi connectivity index (χ4v) is 2.66. The summed E-state index contributed by atoms with van der Waals surface area (Å²) in [5.41, 5.74) is 0. The van der Waals surface area contributed by atoms with E-state index >= 15 is 0 Å². The summed E-state index contributed by atoms with van der Waals surface area (Å²) in [5, 5.41) is 0. The lowest BCUT2D eigenvalue weighted by Gasteiger charge is -2.09. The van der Waals surface area contributed by atoms with E-state index in [1.165, 1.54) is 44.9 Å². The molecule has 0 aromatic heterocycles. The second-order valence-corrected chi connectivity index (χ2v) is 7.46. The van der Waals surface area contributed by atoms with Crippen LogP contribution < -0.4 is 0 Å². The molecule has 0 rings (SSSR count). The summed E-state index contributed by atoms with van der Waals surface area (Å²) in [6.07, 6.45) is 10.9. The monoisotopic (exact) mass is 420 g/mol. The van der Waals surface area contributed by atoms with E-state index in [0.717, 1.165) is 13.0 Å². The highest BCUT2D eigenvalue weighted by Gasteiger charge is 1.96. The second-order valence-electron chi connectivity index (χ2n) is 7.46. The van der Waals surface area contributed by atoms with E-state index in [2.05, 4.69) is 6.92 Å². The Kier molecular flexibility index (Phi) is 25.6. The van der Waals surface area contributed by atoms with Crippen molar-refractivity contribution in [2.75, 3.05) is 72.7 Å². The summed E-state index contributed by atoms with van der Waals surface area (Å²) in [5.74, 6) is 0. The highest BCUT2D eigenvalue weighted by Crippen LogP contribution is 2.08. The highest BCUT2D eigenvalue weighted by molar-refractivity contribution is 4.46. The predicted octanol–water partition coefficient (Wildman–Crippen LogP) is 4.64. The first-order valence-corrected chi connectivity index (χ1v) is 11.8. The highest BCUT2D eigenvalue weighted by atomic mass is 16.6. The Bertz CT molecular complexity index is 289. The largest absolute Gasteiger partial charge is 0.379 e. The minimum atomic E-state index is 0.253. The van der Waals surface area contributed by atoms with Gasteiger partial charge in [-0.25, -0.2) is 0 Å². The topological polar surface area (TPSA) is 55.4 Å². The van der Waals surface area contributed by atoms with Gasteiger partial charge in [-0.2, -0.15) is 0 Å². The maximum atomic E-state index is 5.59. The van der Waals surface area contributed by atoms with E-state index in [9.17, 15) is 0 Å². The summed E-state index contributed by atoms with van der Waals surface area (Å²) in [6, 6.07) is 0. The second kappa shape index (κ2) is 25.8. The molecule has 0 saturated carbocycles. The van der Waals surface area contributed by atoms with Crippen molar-refractivity contribution in [2.24, 2.45) is 0 Å². The van der Waals surface area contributed by atoms with Crippen molar-refractivity contribution in [2.45, 2.75) is 78.2 Å². The lowest BCUT2D eigenvalue weighted by Crippen LogP contribution is -2.14. The van der Waals surface area contributed by atoms with Gasteiger partial charge in [-0.3, -0.25) is 0 Å². The summed E-state index contributed by atoms with van der Waals surface area (Å²) < 4.78 is 32.8. The van der Waals surface area contributed by atoms with Crippen LogP contribution in [0.2, 0.25) is 0 Å². The molecule has 0 aromatic carbocycles. The Hall–Kier alpha value is -0.240. The molecule has 0 atom stereocenters. The van der Waals surface area contributed by atoms with Gasteiger partial charge in [-0.15, -0.1) is 0 Å². The third-order valence-corrected chi connectivity index (χ3v) is 4.31. The molecule has 0 amide bonds. The Morgan fingerprint density at radius 3 is 1.17 bits per heavy atom. The number of rotatable bonds is 25. The van der Waals surface area contributed by atoms with Crippen LogP contribution in [0.4, 0.5) is 0 Å². The fourth-order valence-electron chi connectivity index (χ4n) is 2.66. The van der Waals surface area contributed by atoms with Crippen LogP contribution in [0.25, 0.3) is 0 Å². The molecule has 0 heterocycles. The van der Waals surface area contributed by atoms with Crippen LogP contribution >= 0.6 is 0 Å². The third-order valence-electron chi connectivity index (χ3n) is 4.31. The molecule has 0 aliphatic heterocycles. The average Bonchev–Trinajstić information content (AvgIpc) is 2.71. The number of ether oxygens (including phenoxy) is 6. The average molecular weight is 421 g/mol. The van der Waals surface area contributed by atoms with Crippen molar-refractivity contribution < 1.29 is 28.4 Å². The van der Waals surface area contributed by atoms with Crippen LogP contribution in [0.3, 0.4) is 0 Å². The molecule has 0 N–H and O–H groups in total. The summed E-state index contributed by atoms with van der Waals surface area (Å²) in [7, 11) is 0. The lowest BCUT2D eigenvalue weighted by molar-refractivity contribution is -0.0213. The number of unbranched alkanes of at least 4 members (excludes halogenated alkanes) is 7. The van der Waals surface area contributed by atoms with Crippen molar-refractivity contribution in [3.63, 3.8) is 0 Å². The first-order chi connectivity index (χ1) is 14.3. The SMILES string of the molecule is CCCCCCCCCCOCCOCCOCCOCCOCCOC(C)C. The van der Waals surface area contributed by atoms with Gasteiger partial charge < -0.3 is 28.4 Å². The molecule has 0 bridgehead atoms. The minimum Gasteiger partial charge on any atom is -0.379 e. The van der Waals surface area contributed by atoms with Crippen molar-refractivity contribution in [3.8, 4) is 0 Å². The Morgan fingerprint density at radius 2 is 0.759 bits per heavy atom. The van der Waals surface area contributed by atoms with E-state index in [4.69, 9.17) is 28.4 Å². The normalized spacial score (nSPS) is 11.6. The molecule has 0 aliphatic carbocycles. The van der Waals surface area contributed by atoms with E-state index in [1.807, 2.05) is 13.8 Å². The molecule has 0 aliphatic rings. The van der Waals surface area contributed by atoms with Crippen molar-refractivity contribution in [1.82, 2.24) is 0 Å². The quantitative estimate of drug-likeness (QED) is 0.201. The van der Waals surface area contributed by atoms with Crippen molar-refractivity contribution in [3.05, 3.63) is 0 Å². The zero-order chi connectivity index (χ0) is 21.3.